The predicted octanol–water partition coefficient (Wildman–Crippen LogP) is 2.12. The van der Waals surface area contributed by atoms with Crippen molar-refractivity contribution < 1.29 is 9.72 Å². The molecular weight excluding hydrogens is 182 g/mol. The summed E-state index contributed by atoms with van der Waals surface area (Å²) in [4.78, 5) is 20.2. The lowest BCUT2D eigenvalue weighted by Gasteiger charge is -1.97. The van der Waals surface area contributed by atoms with Gasteiger partial charge in [0.05, 0.1) is 4.92 Å². The Morgan fingerprint density at radius 2 is 2.14 bits per heavy atom. The van der Waals surface area contributed by atoms with Gasteiger partial charge < -0.3 is 0 Å². The van der Waals surface area contributed by atoms with Gasteiger partial charge in [0.25, 0.3) is 5.69 Å². The van der Waals surface area contributed by atoms with Crippen LogP contribution in [0.2, 0.25) is 0 Å². The minimum atomic E-state index is -0.437. The van der Waals surface area contributed by atoms with E-state index in [4.69, 9.17) is 0 Å². The zero-order valence-corrected chi connectivity index (χ0v) is 7.64. The monoisotopic (exact) mass is 191 g/mol. The molecule has 0 spiro atoms. The first kappa shape index (κ1) is 10.1. The molecule has 1 aromatic rings. The Hall–Kier alpha value is -1.97. The van der Waals surface area contributed by atoms with Crippen LogP contribution in [-0.4, -0.2) is 11.2 Å². The molecule has 4 heteroatoms. The molecule has 0 aromatic heterocycles. The molecule has 0 aliphatic carbocycles. The van der Waals surface area contributed by atoms with Gasteiger partial charge in [-0.2, -0.15) is 0 Å². The van der Waals surface area contributed by atoms with Gasteiger partial charge in [0.1, 0.15) is 6.29 Å². The number of nitro groups is 1. The van der Waals surface area contributed by atoms with Crippen molar-refractivity contribution in [3.8, 4) is 0 Å². The van der Waals surface area contributed by atoms with Crippen LogP contribution in [0.1, 0.15) is 11.1 Å². The number of nitrogens with zero attached hydrogens (tertiary/aromatic N) is 1. The SMILES string of the molecule is Cc1ccc(/C=C/C=O)cc1[N+](=O)[O-]. The summed E-state index contributed by atoms with van der Waals surface area (Å²) in [7, 11) is 0. The van der Waals surface area contributed by atoms with E-state index in [9.17, 15) is 14.9 Å². The van der Waals surface area contributed by atoms with E-state index < -0.39 is 4.92 Å². The molecule has 0 fully saturated rings. The topological polar surface area (TPSA) is 60.2 Å². The molecule has 1 rings (SSSR count). The van der Waals surface area contributed by atoms with E-state index in [0.717, 1.165) is 0 Å². The Balaban J connectivity index is 3.12. The molecule has 4 nitrogen and oxygen atoms in total. The number of aryl methyl sites for hydroxylation is 1. The Bertz CT molecular complexity index is 396. The second kappa shape index (κ2) is 4.32. The van der Waals surface area contributed by atoms with E-state index in [1.807, 2.05) is 0 Å². The number of rotatable bonds is 3. The Labute approximate surface area is 81.0 Å². The summed E-state index contributed by atoms with van der Waals surface area (Å²) in [5.74, 6) is 0. The molecule has 0 aliphatic heterocycles. The minimum absolute atomic E-state index is 0.0676. The molecule has 0 heterocycles. The fraction of sp³-hybridized carbons (Fsp3) is 0.100. The molecule has 72 valence electrons. The van der Waals surface area contributed by atoms with Gasteiger partial charge in [0.2, 0.25) is 0 Å². The molecule has 0 aliphatic rings. The normalized spacial score (nSPS) is 10.4. The minimum Gasteiger partial charge on any atom is -0.299 e. The second-order valence-corrected chi connectivity index (χ2v) is 2.80. The quantitative estimate of drug-likeness (QED) is 0.318. The molecule has 1 aromatic carbocycles. The van der Waals surface area contributed by atoms with Gasteiger partial charge >= 0.3 is 0 Å². The number of carbonyl (C=O) groups excluding carboxylic acids is 1. The van der Waals surface area contributed by atoms with Crippen LogP contribution in [0.5, 0.6) is 0 Å². The average Bonchev–Trinajstić information content (AvgIpc) is 2.16. The molecule has 0 saturated heterocycles. The van der Waals surface area contributed by atoms with Crippen molar-refractivity contribution in [1.82, 2.24) is 0 Å². The van der Waals surface area contributed by atoms with Crippen LogP contribution < -0.4 is 0 Å². The number of benzene rings is 1. The van der Waals surface area contributed by atoms with Crippen molar-refractivity contribution >= 4 is 18.0 Å². The first-order valence-electron chi connectivity index (χ1n) is 4.02. The first-order chi connectivity index (χ1) is 6.65. The highest BCUT2D eigenvalue weighted by molar-refractivity contribution is 5.74. The van der Waals surface area contributed by atoms with E-state index in [0.29, 0.717) is 17.4 Å². The number of aldehydes is 1. The summed E-state index contributed by atoms with van der Waals surface area (Å²) in [5.41, 5.74) is 1.32. The van der Waals surface area contributed by atoms with Crippen LogP contribution in [0.25, 0.3) is 6.08 Å². The summed E-state index contributed by atoms with van der Waals surface area (Å²) in [5, 5.41) is 10.6. The lowest BCUT2D eigenvalue weighted by atomic mass is 10.1. The smallest absolute Gasteiger partial charge is 0.272 e. The van der Waals surface area contributed by atoms with Gasteiger partial charge in [0, 0.05) is 11.6 Å². The highest BCUT2D eigenvalue weighted by atomic mass is 16.6. The Kier molecular flexibility index (Phi) is 3.12. The summed E-state index contributed by atoms with van der Waals surface area (Å²) in [6.07, 6.45) is 3.46. The second-order valence-electron chi connectivity index (χ2n) is 2.80. The molecule has 0 atom stereocenters. The van der Waals surface area contributed by atoms with Crippen molar-refractivity contribution in [2.45, 2.75) is 6.92 Å². The maximum absolute atomic E-state index is 10.6. The summed E-state index contributed by atoms with van der Waals surface area (Å²) < 4.78 is 0. The lowest BCUT2D eigenvalue weighted by Crippen LogP contribution is -1.91. The van der Waals surface area contributed by atoms with Gasteiger partial charge in [-0.25, -0.2) is 0 Å². The molecule has 0 amide bonds. The number of hydrogen-bond donors (Lipinski definition) is 0. The van der Waals surface area contributed by atoms with E-state index in [1.165, 1.54) is 18.2 Å². The zero-order chi connectivity index (χ0) is 10.6. The van der Waals surface area contributed by atoms with Gasteiger partial charge in [0.15, 0.2) is 0 Å². The van der Waals surface area contributed by atoms with E-state index >= 15 is 0 Å². The molecule has 0 radical (unpaired) electrons. The number of hydrogen-bond acceptors (Lipinski definition) is 3. The standard InChI is InChI=1S/C10H9NO3/c1-8-4-5-9(3-2-6-12)7-10(8)11(13)14/h2-7H,1H3/b3-2+. The molecule has 0 saturated carbocycles. The Morgan fingerprint density at radius 1 is 1.43 bits per heavy atom. The largest absolute Gasteiger partial charge is 0.299 e. The van der Waals surface area contributed by atoms with Crippen LogP contribution in [0.15, 0.2) is 24.3 Å². The predicted molar refractivity (Wildman–Crippen MR) is 52.9 cm³/mol. The lowest BCUT2D eigenvalue weighted by molar-refractivity contribution is -0.385. The van der Waals surface area contributed by atoms with Gasteiger partial charge in [-0.15, -0.1) is 0 Å². The van der Waals surface area contributed by atoms with E-state index in [1.54, 1.807) is 19.1 Å². The van der Waals surface area contributed by atoms with E-state index in [2.05, 4.69) is 0 Å². The van der Waals surface area contributed by atoms with Crippen LogP contribution in [-0.2, 0) is 4.79 Å². The highest BCUT2D eigenvalue weighted by Gasteiger charge is 2.09. The maximum Gasteiger partial charge on any atom is 0.272 e. The average molecular weight is 191 g/mol. The molecular formula is C10H9NO3. The summed E-state index contributed by atoms with van der Waals surface area (Å²) in [6, 6.07) is 4.82. The van der Waals surface area contributed by atoms with Crippen molar-refractivity contribution in [1.29, 1.82) is 0 Å². The molecule has 14 heavy (non-hydrogen) atoms. The van der Waals surface area contributed by atoms with Gasteiger partial charge in [-0.05, 0) is 18.6 Å². The summed E-state index contributed by atoms with van der Waals surface area (Å²) in [6.45, 7) is 1.67. The summed E-state index contributed by atoms with van der Waals surface area (Å²) >= 11 is 0. The van der Waals surface area contributed by atoms with Crippen LogP contribution in [0.3, 0.4) is 0 Å². The third-order valence-corrected chi connectivity index (χ3v) is 1.80. The van der Waals surface area contributed by atoms with Crippen molar-refractivity contribution in [3.05, 3.63) is 45.5 Å². The van der Waals surface area contributed by atoms with Crippen molar-refractivity contribution in [2.24, 2.45) is 0 Å². The molecule has 0 N–H and O–H groups in total. The number of allylic oxidation sites excluding steroid dienone is 1. The van der Waals surface area contributed by atoms with Crippen molar-refractivity contribution in [3.63, 3.8) is 0 Å². The van der Waals surface area contributed by atoms with Gasteiger partial charge in [-0.3, -0.25) is 14.9 Å². The Morgan fingerprint density at radius 3 is 2.71 bits per heavy atom. The van der Waals surface area contributed by atoms with Gasteiger partial charge in [-0.1, -0.05) is 18.2 Å². The fourth-order valence-corrected chi connectivity index (χ4v) is 1.08. The van der Waals surface area contributed by atoms with Crippen LogP contribution in [0.4, 0.5) is 5.69 Å². The molecule has 0 bridgehead atoms. The zero-order valence-electron chi connectivity index (χ0n) is 7.64. The highest BCUT2D eigenvalue weighted by Crippen LogP contribution is 2.19. The molecule has 0 unspecified atom stereocenters. The third kappa shape index (κ3) is 2.26. The number of nitro benzene ring substituents is 1. The van der Waals surface area contributed by atoms with Crippen molar-refractivity contribution in [2.75, 3.05) is 0 Å². The van der Waals surface area contributed by atoms with Crippen LogP contribution in [0, 0.1) is 17.0 Å². The third-order valence-electron chi connectivity index (χ3n) is 1.80. The maximum atomic E-state index is 10.6. The first-order valence-corrected chi connectivity index (χ1v) is 4.02. The fourth-order valence-electron chi connectivity index (χ4n) is 1.08. The van der Waals surface area contributed by atoms with E-state index in [-0.39, 0.29) is 5.69 Å². The van der Waals surface area contributed by atoms with Crippen LogP contribution >= 0.6 is 0 Å². The number of carbonyl (C=O) groups is 1.